The number of hydrogen-bond acceptors (Lipinski definition) is 5. The number of benzene rings is 3. The summed E-state index contributed by atoms with van der Waals surface area (Å²) >= 11 is 0. The summed E-state index contributed by atoms with van der Waals surface area (Å²) in [5.41, 5.74) is 3.20. The molecule has 6 nitrogen and oxygen atoms in total. The number of nitrogens with one attached hydrogen (secondary N) is 1. The van der Waals surface area contributed by atoms with E-state index in [-0.39, 0.29) is 24.2 Å². The van der Waals surface area contributed by atoms with Crippen molar-refractivity contribution in [1.29, 1.82) is 0 Å². The highest BCUT2D eigenvalue weighted by Crippen LogP contribution is 2.28. The summed E-state index contributed by atoms with van der Waals surface area (Å²) in [5.74, 6) is -0.135. The van der Waals surface area contributed by atoms with Gasteiger partial charge in [0.1, 0.15) is 18.3 Å². The predicted molar refractivity (Wildman–Crippen MR) is 138 cm³/mol. The van der Waals surface area contributed by atoms with Gasteiger partial charge in [-0.3, -0.25) is 4.79 Å². The lowest BCUT2D eigenvalue weighted by Gasteiger charge is -2.45. The average molecular weight is 490 g/mol. The van der Waals surface area contributed by atoms with Gasteiger partial charge in [0.25, 0.3) is 0 Å². The van der Waals surface area contributed by atoms with Crippen molar-refractivity contribution in [2.45, 2.75) is 64.1 Å². The third kappa shape index (κ3) is 7.48. The Kier molecular flexibility index (Phi) is 9.64. The monoisotopic (exact) mass is 489 g/mol. The molecule has 0 aromatic heterocycles. The van der Waals surface area contributed by atoms with Gasteiger partial charge in [-0.15, -0.1) is 0 Å². The van der Waals surface area contributed by atoms with Crippen molar-refractivity contribution in [3.63, 3.8) is 0 Å². The Balaban J connectivity index is 1.53. The first-order chi connectivity index (χ1) is 17.6. The molecule has 1 aliphatic heterocycles. The largest absolute Gasteiger partial charge is 0.374 e. The molecule has 1 heterocycles. The summed E-state index contributed by atoms with van der Waals surface area (Å²) < 4.78 is 25.4. The molecule has 0 aliphatic carbocycles. The molecule has 1 saturated heterocycles. The standard InChI is InChI=1S/C30H35NO5/c1-22-28(31-23(2)32)30(35-20-26-16-10-5-11-17-26)29(34-19-25-14-8-4-9-15-25)27(36-22)21-33-18-24-12-6-3-7-13-24/h3-17,22,27-30H,18-21H2,1-2H3,(H,31,32). The fraction of sp³-hybridized carbons (Fsp3) is 0.367. The molecule has 0 saturated carbocycles. The van der Waals surface area contributed by atoms with E-state index in [4.69, 9.17) is 18.9 Å². The molecular formula is C30H35NO5. The number of ether oxygens (including phenoxy) is 4. The zero-order valence-electron chi connectivity index (χ0n) is 20.9. The summed E-state index contributed by atoms with van der Waals surface area (Å²) in [7, 11) is 0. The molecule has 1 amide bonds. The molecular weight excluding hydrogens is 454 g/mol. The zero-order valence-corrected chi connectivity index (χ0v) is 20.9. The fourth-order valence-corrected chi connectivity index (χ4v) is 4.49. The minimum Gasteiger partial charge on any atom is -0.374 e. The van der Waals surface area contributed by atoms with E-state index in [0.29, 0.717) is 26.4 Å². The van der Waals surface area contributed by atoms with Gasteiger partial charge in [0.15, 0.2) is 0 Å². The fourth-order valence-electron chi connectivity index (χ4n) is 4.49. The van der Waals surface area contributed by atoms with Crippen LogP contribution in [0.5, 0.6) is 0 Å². The molecule has 1 N–H and O–H groups in total. The molecule has 5 atom stereocenters. The average Bonchev–Trinajstić information content (AvgIpc) is 2.90. The van der Waals surface area contributed by atoms with E-state index in [2.05, 4.69) is 5.32 Å². The second-order valence-corrected chi connectivity index (χ2v) is 9.13. The molecule has 3 aromatic carbocycles. The molecule has 5 unspecified atom stereocenters. The van der Waals surface area contributed by atoms with Crippen LogP contribution in [0.4, 0.5) is 0 Å². The van der Waals surface area contributed by atoms with Crippen molar-refractivity contribution >= 4 is 5.91 Å². The van der Waals surface area contributed by atoms with Gasteiger partial charge in [-0.1, -0.05) is 91.0 Å². The van der Waals surface area contributed by atoms with E-state index >= 15 is 0 Å². The van der Waals surface area contributed by atoms with Crippen molar-refractivity contribution in [3.8, 4) is 0 Å². The summed E-state index contributed by atoms with van der Waals surface area (Å²) in [6.07, 6.45) is -1.51. The second-order valence-electron chi connectivity index (χ2n) is 9.13. The normalized spacial score (nSPS) is 23.8. The highest BCUT2D eigenvalue weighted by Gasteiger charge is 2.46. The quantitative estimate of drug-likeness (QED) is 0.424. The van der Waals surface area contributed by atoms with Crippen molar-refractivity contribution in [3.05, 3.63) is 108 Å². The van der Waals surface area contributed by atoms with Gasteiger partial charge in [0.05, 0.1) is 38.6 Å². The van der Waals surface area contributed by atoms with Crippen LogP contribution >= 0.6 is 0 Å². The van der Waals surface area contributed by atoms with E-state index < -0.39 is 12.2 Å². The Morgan fingerprint density at radius 1 is 0.750 bits per heavy atom. The lowest BCUT2D eigenvalue weighted by atomic mass is 9.92. The van der Waals surface area contributed by atoms with E-state index in [9.17, 15) is 4.79 Å². The van der Waals surface area contributed by atoms with E-state index in [0.717, 1.165) is 16.7 Å². The van der Waals surface area contributed by atoms with Crippen LogP contribution in [-0.2, 0) is 43.6 Å². The SMILES string of the molecule is CC(=O)NC1C(C)OC(COCc2ccccc2)C(OCc2ccccc2)C1OCc1ccccc1. The third-order valence-corrected chi connectivity index (χ3v) is 6.27. The maximum atomic E-state index is 12.1. The van der Waals surface area contributed by atoms with Crippen LogP contribution in [0.25, 0.3) is 0 Å². The summed E-state index contributed by atoms with van der Waals surface area (Å²) in [4.78, 5) is 12.1. The molecule has 1 fully saturated rings. The second kappa shape index (κ2) is 13.3. The predicted octanol–water partition coefficient (Wildman–Crippen LogP) is 4.67. The van der Waals surface area contributed by atoms with E-state index in [1.807, 2.05) is 97.9 Å². The number of hydrogen-bond donors (Lipinski definition) is 1. The maximum Gasteiger partial charge on any atom is 0.217 e. The first kappa shape index (κ1) is 26.0. The minimum absolute atomic E-state index is 0.135. The summed E-state index contributed by atoms with van der Waals surface area (Å²) in [6, 6.07) is 29.7. The van der Waals surface area contributed by atoms with Crippen LogP contribution in [0, 0.1) is 0 Å². The van der Waals surface area contributed by atoms with E-state index in [1.54, 1.807) is 0 Å². The lowest BCUT2D eigenvalue weighted by Crippen LogP contribution is -2.64. The summed E-state index contributed by atoms with van der Waals surface area (Å²) in [6.45, 7) is 5.09. The molecule has 1 aliphatic rings. The maximum absolute atomic E-state index is 12.1. The van der Waals surface area contributed by atoms with Gasteiger partial charge in [0.2, 0.25) is 5.91 Å². The van der Waals surface area contributed by atoms with Crippen molar-refractivity contribution in [1.82, 2.24) is 5.32 Å². The Bertz CT molecular complexity index is 1050. The molecule has 6 heteroatoms. The van der Waals surface area contributed by atoms with Crippen LogP contribution in [0.1, 0.15) is 30.5 Å². The molecule has 3 aromatic rings. The minimum atomic E-state index is -0.447. The third-order valence-electron chi connectivity index (χ3n) is 6.27. The highest BCUT2D eigenvalue weighted by molar-refractivity contribution is 5.73. The van der Waals surface area contributed by atoms with E-state index in [1.165, 1.54) is 6.92 Å². The van der Waals surface area contributed by atoms with Crippen LogP contribution in [0.3, 0.4) is 0 Å². The Morgan fingerprint density at radius 2 is 1.22 bits per heavy atom. The molecule has 4 rings (SSSR count). The number of rotatable bonds is 11. The first-order valence-electron chi connectivity index (χ1n) is 12.5. The molecule has 36 heavy (non-hydrogen) atoms. The van der Waals surface area contributed by atoms with Crippen LogP contribution < -0.4 is 5.32 Å². The number of carbonyl (C=O) groups excluding carboxylic acids is 1. The topological polar surface area (TPSA) is 66.0 Å². The van der Waals surface area contributed by atoms with Crippen LogP contribution in [-0.4, -0.2) is 43.0 Å². The van der Waals surface area contributed by atoms with Crippen LogP contribution in [0.15, 0.2) is 91.0 Å². The Hall–Kier alpha value is -3.03. The zero-order chi connectivity index (χ0) is 25.2. The first-order valence-corrected chi connectivity index (χ1v) is 12.5. The lowest BCUT2D eigenvalue weighted by molar-refractivity contribution is -0.229. The number of carbonyl (C=O) groups is 1. The Morgan fingerprint density at radius 3 is 1.72 bits per heavy atom. The van der Waals surface area contributed by atoms with Gasteiger partial charge < -0.3 is 24.3 Å². The molecule has 0 spiro atoms. The smallest absolute Gasteiger partial charge is 0.217 e. The highest BCUT2D eigenvalue weighted by atomic mass is 16.6. The van der Waals surface area contributed by atoms with Gasteiger partial charge in [0, 0.05) is 6.92 Å². The van der Waals surface area contributed by atoms with Gasteiger partial charge >= 0.3 is 0 Å². The molecule has 190 valence electrons. The van der Waals surface area contributed by atoms with Crippen molar-refractivity contribution in [2.24, 2.45) is 0 Å². The van der Waals surface area contributed by atoms with Crippen molar-refractivity contribution < 1.29 is 23.7 Å². The Labute approximate surface area is 213 Å². The van der Waals surface area contributed by atoms with Gasteiger partial charge in [-0.2, -0.15) is 0 Å². The van der Waals surface area contributed by atoms with Crippen LogP contribution in [0.2, 0.25) is 0 Å². The van der Waals surface area contributed by atoms with Gasteiger partial charge in [-0.05, 0) is 23.6 Å². The molecule has 0 radical (unpaired) electrons. The van der Waals surface area contributed by atoms with Gasteiger partial charge in [-0.25, -0.2) is 0 Å². The summed E-state index contributed by atoms with van der Waals surface area (Å²) in [5, 5.41) is 3.04. The molecule has 0 bridgehead atoms. The number of amides is 1. The van der Waals surface area contributed by atoms with Crippen molar-refractivity contribution in [2.75, 3.05) is 6.61 Å².